The van der Waals surface area contributed by atoms with Crippen LogP contribution >= 0.6 is 23.2 Å². The molecule has 1 spiro atoms. The quantitative estimate of drug-likeness (QED) is 0.456. The van der Waals surface area contributed by atoms with Gasteiger partial charge in [-0.2, -0.15) is 0 Å². The third-order valence-electron chi connectivity index (χ3n) is 6.40. The number of piperidine rings is 1. The third-order valence-corrected chi connectivity index (χ3v) is 6.84. The van der Waals surface area contributed by atoms with Crippen molar-refractivity contribution in [1.82, 2.24) is 9.88 Å². The highest BCUT2D eigenvalue weighted by Gasteiger charge is 2.48. The Hall–Kier alpha value is -2.18. The maximum atomic E-state index is 14.4. The first-order chi connectivity index (χ1) is 15.5. The Kier molecular flexibility index (Phi) is 5.84. The average molecular weight is 473 g/mol. The Morgan fingerprint density at radius 2 is 1.88 bits per heavy atom. The predicted molar refractivity (Wildman–Crippen MR) is 123 cm³/mol. The maximum Gasteiger partial charge on any atom is 0.131 e. The van der Waals surface area contributed by atoms with Crippen LogP contribution in [0.5, 0.6) is 5.75 Å². The number of methoxy groups -OCH3 is 1. The number of hydrogen-bond donors (Lipinski definition) is 0. The van der Waals surface area contributed by atoms with E-state index < -0.39 is 5.60 Å². The second kappa shape index (κ2) is 8.64. The van der Waals surface area contributed by atoms with Crippen molar-refractivity contribution in [3.05, 3.63) is 93.0 Å². The molecule has 4 nitrogen and oxygen atoms in total. The zero-order valence-electron chi connectivity index (χ0n) is 17.7. The summed E-state index contributed by atoms with van der Waals surface area (Å²) in [6.45, 7) is 2.11. The van der Waals surface area contributed by atoms with Gasteiger partial charge in [-0.1, -0.05) is 35.3 Å². The number of aromatic nitrogens is 1. The molecular formula is C25H23Cl2FN2O2. The Morgan fingerprint density at radius 1 is 1.12 bits per heavy atom. The topological polar surface area (TPSA) is 34.6 Å². The van der Waals surface area contributed by atoms with Crippen LogP contribution in [0.4, 0.5) is 4.39 Å². The van der Waals surface area contributed by atoms with Crippen LogP contribution in [-0.4, -0.2) is 30.1 Å². The molecule has 0 saturated carbocycles. The fourth-order valence-corrected chi connectivity index (χ4v) is 5.32. The van der Waals surface area contributed by atoms with Crippen LogP contribution in [0, 0.1) is 5.82 Å². The highest BCUT2D eigenvalue weighted by Crippen LogP contribution is 2.51. The fraction of sp³-hybridized carbons (Fsp3) is 0.320. The smallest absolute Gasteiger partial charge is 0.131 e. The number of fused-ring (bicyclic) bond motifs is 2. The summed E-state index contributed by atoms with van der Waals surface area (Å²) in [6.07, 6.45) is 3.11. The lowest BCUT2D eigenvalue weighted by molar-refractivity contribution is -0.0996. The van der Waals surface area contributed by atoms with E-state index in [-0.39, 0.29) is 11.9 Å². The monoisotopic (exact) mass is 472 g/mol. The molecule has 0 amide bonds. The molecular weight excluding hydrogens is 450 g/mol. The molecule has 5 rings (SSSR count). The molecule has 1 aromatic heterocycles. The molecule has 32 heavy (non-hydrogen) atoms. The molecule has 1 atom stereocenters. The predicted octanol–water partition coefficient (Wildman–Crippen LogP) is 6.15. The van der Waals surface area contributed by atoms with E-state index in [0.29, 0.717) is 27.9 Å². The maximum absolute atomic E-state index is 14.4. The number of benzene rings is 2. The van der Waals surface area contributed by atoms with Crippen LogP contribution in [0.1, 0.15) is 41.3 Å². The summed E-state index contributed by atoms with van der Waals surface area (Å²) < 4.78 is 26.2. The van der Waals surface area contributed by atoms with Gasteiger partial charge in [0.15, 0.2) is 0 Å². The minimum Gasteiger partial charge on any atom is -0.497 e. The molecule has 3 heterocycles. The summed E-state index contributed by atoms with van der Waals surface area (Å²) in [5, 5.41) is 1.16. The van der Waals surface area contributed by atoms with Crippen LogP contribution in [-0.2, 0) is 16.9 Å². The Morgan fingerprint density at radius 3 is 2.56 bits per heavy atom. The van der Waals surface area contributed by atoms with E-state index in [9.17, 15) is 4.39 Å². The number of ether oxygens (including phenoxy) is 2. The third kappa shape index (κ3) is 3.99. The Bertz CT molecular complexity index is 1130. The Labute approximate surface area is 196 Å². The molecule has 0 bridgehead atoms. The van der Waals surface area contributed by atoms with E-state index in [0.717, 1.165) is 42.8 Å². The Balaban J connectivity index is 1.36. The first kappa shape index (κ1) is 21.7. The van der Waals surface area contributed by atoms with Crippen molar-refractivity contribution in [2.75, 3.05) is 20.2 Å². The van der Waals surface area contributed by atoms with Gasteiger partial charge in [-0.3, -0.25) is 9.88 Å². The van der Waals surface area contributed by atoms with E-state index in [1.165, 1.54) is 13.2 Å². The van der Waals surface area contributed by atoms with E-state index in [1.807, 2.05) is 24.4 Å². The van der Waals surface area contributed by atoms with Gasteiger partial charge in [0.2, 0.25) is 0 Å². The normalized spacial score (nSPS) is 19.8. The SMILES string of the molecule is COc1ccc(CN2CCC3(CC2)OC(c2cc(Cl)cc(Cl)c2)c2cccnc23)c(F)c1. The second-order valence-electron chi connectivity index (χ2n) is 8.37. The molecule has 0 radical (unpaired) electrons. The lowest BCUT2D eigenvalue weighted by atomic mass is 9.86. The van der Waals surface area contributed by atoms with Gasteiger partial charge in [0, 0.05) is 53.1 Å². The van der Waals surface area contributed by atoms with Crippen LogP contribution in [0.2, 0.25) is 10.0 Å². The van der Waals surface area contributed by atoms with Crippen molar-refractivity contribution in [2.45, 2.75) is 31.1 Å². The van der Waals surface area contributed by atoms with Crippen LogP contribution in [0.3, 0.4) is 0 Å². The minimum absolute atomic E-state index is 0.244. The van der Waals surface area contributed by atoms with E-state index in [1.54, 1.807) is 18.2 Å². The van der Waals surface area contributed by atoms with Crippen molar-refractivity contribution in [3.63, 3.8) is 0 Å². The number of hydrogen-bond acceptors (Lipinski definition) is 4. The molecule has 1 saturated heterocycles. The zero-order chi connectivity index (χ0) is 22.3. The summed E-state index contributed by atoms with van der Waals surface area (Å²) >= 11 is 12.5. The highest BCUT2D eigenvalue weighted by atomic mass is 35.5. The lowest BCUT2D eigenvalue weighted by Gasteiger charge is -2.39. The average Bonchev–Trinajstić information content (AvgIpc) is 3.10. The molecule has 7 heteroatoms. The molecule has 1 fully saturated rings. The van der Waals surface area contributed by atoms with Crippen molar-refractivity contribution < 1.29 is 13.9 Å². The molecule has 1 unspecified atom stereocenters. The zero-order valence-corrected chi connectivity index (χ0v) is 19.2. The van der Waals surface area contributed by atoms with Crippen LogP contribution in [0.15, 0.2) is 54.7 Å². The number of nitrogens with zero attached hydrogens (tertiary/aromatic N) is 2. The van der Waals surface area contributed by atoms with Crippen LogP contribution < -0.4 is 4.74 Å². The van der Waals surface area contributed by atoms with E-state index >= 15 is 0 Å². The number of halogens is 3. The molecule has 2 aromatic carbocycles. The first-order valence-corrected chi connectivity index (χ1v) is 11.4. The van der Waals surface area contributed by atoms with Gasteiger partial charge >= 0.3 is 0 Å². The van der Waals surface area contributed by atoms with Crippen molar-refractivity contribution in [3.8, 4) is 5.75 Å². The summed E-state index contributed by atoms with van der Waals surface area (Å²) in [5.41, 5.74) is 3.16. The molecule has 0 aliphatic carbocycles. The van der Waals surface area contributed by atoms with Gasteiger partial charge in [0.1, 0.15) is 23.3 Å². The minimum atomic E-state index is -0.467. The first-order valence-electron chi connectivity index (χ1n) is 10.6. The largest absolute Gasteiger partial charge is 0.497 e. The van der Waals surface area contributed by atoms with Gasteiger partial charge in [0.05, 0.1) is 12.8 Å². The molecule has 2 aliphatic rings. The molecule has 0 N–H and O–H groups in total. The second-order valence-corrected chi connectivity index (χ2v) is 9.24. The summed E-state index contributed by atoms with van der Waals surface area (Å²) in [6, 6.07) is 14.5. The highest BCUT2D eigenvalue weighted by molar-refractivity contribution is 6.34. The number of rotatable bonds is 4. The van der Waals surface area contributed by atoms with E-state index in [2.05, 4.69) is 11.0 Å². The lowest BCUT2D eigenvalue weighted by Crippen LogP contribution is -2.42. The van der Waals surface area contributed by atoms with Crippen molar-refractivity contribution in [2.24, 2.45) is 0 Å². The van der Waals surface area contributed by atoms with Crippen molar-refractivity contribution >= 4 is 23.2 Å². The van der Waals surface area contributed by atoms with Gasteiger partial charge < -0.3 is 9.47 Å². The number of likely N-dealkylation sites (tertiary alicyclic amines) is 1. The number of pyridine rings is 1. The van der Waals surface area contributed by atoms with Gasteiger partial charge in [0.25, 0.3) is 0 Å². The summed E-state index contributed by atoms with van der Waals surface area (Å²) in [7, 11) is 1.54. The van der Waals surface area contributed by atoms with Crippen LogP contribution in [0.25, 0.3) is 0 Å². The van der Waals surface area contributed by atoms with Gasteiger partial charge in [-0.05, 0) is 48.7 Å². The van der Waals surface area contributed by atoms with E-state index in [4.69, 9.17) is 37.7 Å². The van der Waals surface area contributed by atoms with Crippen molar-refractivity contribution in [1.29, 1.82) is 0 Å². The molecule has 166 valence electrons. The molecule has 3 aromatic rings. The standard InChI is InChI=1S/C25H23Cl2FN2O2/c1-31-20-5-4-16(22(28)14-20)15-30-9-6-25(7-10-30)24-21(3-2-8-29-24)23(32-25)17-11-18(26)13-19(27)12-17/h2-5,8,11-14,23H,6-7,9-10,15H2,1H3. The fourth-order valence-electron chi connectivity index (χ4n) is 4.78. The summed E-state index contributed by atoms with van der Waals surface area (Å²) in [4.78, 5) is 6.97. The van der Waals surface area contributed by atoms with Gasteiger partial charge in [-0.25, -0.2) is 4.39 Å². The van der Waals surface area contributed by atoms with Gasteiger partial charge in [-0.15, -0.1) is 0 Å². The molecule has 2 aliphatic heterocycles. The summed E-state index contributed by atoms with van der Waals surface area (Å²) in [5.74, 6) is 0.282.